The van der Waals surface area contributed by atoms with Crippen molar-refractivity contribution >= 4 is 22.5 Å². The highest BCUT2D eigenvalue weighted by molar-refractivity contribution is 7.13. The number of amides is 2. The predicted octanol–water partition coefficient (Wildman–Crippen LogP) is 3.32. The van der Waals surface area contributed by atoms with Crippen LogP contribution in [-0.2, 0) is 12.8 Å². The van der Waals surface area contributed by atoms with Crippen molar-refractivity contribution < 1.29 is 14.6 Å². The Morgan fingerprint density at radius 2 is 2.23 bits per heavy atom. The molecule has 140 valence electrons. The standard InChI is InChI=1S/C19H25N3O3S/c1-2-14-4-3-5-17(12-14)25-16-6-9-22(10-7-16)19(24)21-18-20-15(8-11-23)13-26-18/h3-5,12-13,16,23H,2,6-11H2,1H3,(H,20,21,24). The monoisotopic (exact) mass is 375 g/mol. The molecule has 0 bridgehead atoms. The van der Waals surface area contributed by atoms with Crippen molar-refractivity contribution in [3.05, 3.63) is 40.9 Å². The number of rotatable bonds is 6. The third kappa shape index (κ3) is 4.95. The van der Waals surface area contributed by atoms with Gasteiger partial charge in [-0.05, 0) is 24.1 Å². The molecule has 1 aromatic heterocycles. The van der Waals surface area contributed by atoms with Crippen LogP contribution in [0.4, 0.5) is 9.93 Å². The zero-order valence-corrected chi connectivity index (χ0v) is 15.8. The summed E-state index contributed by atoms with van der Waals surface area (Å²) in [5, 5.41) is 14.2. The molecular formula is C19H25N3O3S. The van der Waals surface area contributed by atoms with Gasteiger partial charge in [-0.3, -0.25) is 5.32 Å². The third-order valence-electron chi connectivity index (χ3n) is 4.47. The molecule has 1 aliphatic heterocycles. The van der Waals surface area contributed by atoms with E-state index < -0.39 is 0 Å². The van der Waals surface area contributed by atoms with Gasteiger partial charge in [0.2, 0.25) is 0 Å². The van der Waals surface area contributed by atoms with Gasteiger partial charge in [0.15, 0.2) is 5.13 Å². The van der Waals surface area contributed by atoms with E-state index in [0.29, 0.717) is 24.6 Å². The summed E-state index contributed by atoms with van der Waals surface area (Å²) < 4.78 is 6.08. The predicted molar refractivity (Wildman–Crippen MR) is 103 cm³/mol. The molecule has 0 unspecified atom stereocenters. The fourth-order valence-corrected chi connectivity index (χ4v) is 3.71. The minimum absolute atomic E-state index is 0.0613. The second-order valence-electron chi connectivity index (χ2n) is 6.35. The summed E-state index contributed by atoms with van der Waals surface area (Å²) in [5.74, 6) is 0.909. The number of aliphatic hydroxyl groups excluding tert-OH is 1. The molecule has 1 aliphatic rings. The van der Waals surface area contributed by atoms with Gasteiger partial charge >= 0.3 is 6.03 Å². The van der Waals surface area contributed by atoms with Gasteiger partial charge in [-0.1, -0.05) is 19.1 Å². The molecule has 7 heteroatoms. The van der Waals surface area contributed by atoms with E-state index in [4.69, 9.17) is 9.84 Å². The number of urea groups is 1. The maximum Gasteiger partial charge on any atom is 0.323 e. The quantitative estimate of drug-likeness (QED) is 0.812. The van der Waals surface area contributed by atoms with Crippen LogP contribution in [0.1, 0.15) is 31.0 Å². The van der Waals surface area contributed by atoms with Crippen molar-refractivity contribution in [2.45, 2.75) is 38.7 Å². The number of aryl methyl sites for hydroxylation is 1. The van der Waals surface area contributed by atoms with E-state index in [1.807, 2.05) is 17.5 Å². The summed E-state index contributed by atoms with van der Waals surface area (Å²) in [7, 11) is 0. The zero-order chi connectivity index (χ0) is 18.4. The average molecular weight is 375 g/mol. The Kier molecular flexibility index (Phi) is 6.46. The lowest BCUT2D eigenvalue weighted by molar-refractivity contribution is 0.115. The molecule has 2 heterocycles. The largest absolute Gasteiger partial charge is 0.490 e. The topological polar surface area (TPSA) is 74.7 Å². The Morgan fingerprint density at radius 1 is 1.42 bits per heavy atom. The van der Waals surface area contributed by atoms with Crippen molar-refractivity contribution in [2.75, 3.05) is 25.0 Å². The molecule has 1 saturated heterocycles. The van der Waals surface area contributed by atoms with Gasteiger partial charge in [0, 0.05) is 44.3 Å². The Balaban J connectivity index is 1.47. The number of anilines is 1. The third-order valence-corrected chi connectivity index (χ3v) is 5.28. The first-order valence-corrected chi connectivity index (χ1v) is 9.92. The van der Waals surface area contributed by atoms with Gasteiger partial charge in [-0.25, -0.2) is 9.78 Å². The summed E-state index contributed by atoms with van der Waals surface area (Å²) in [6.07, 6.45) is 3.28. The summed E-state index contributed by atoms with van der Waals surface area (Å²) in [6, 6.07) is 8.08. The van der Waals surface area contributed by atoms with Gasteiger partial charge in [-0.2, -0.15) is 0 Å². The summed E-state index contributed by atoms with van der Waals surface area (Å²) in [6.45, 7) is 3.52. The van der Waals surface area contributed by atoms with Crippen LogP contribution in [-0.4, -0.2) is 46.8 Å². The lowest BCUT2D eigenvalue weighted by Crippen LogP contribution is -2.43. The van der Waals surface area contributed by atoms with Crippen LogP contribution in [0.25, 0.3) is 0 Å². The van der Waals surface area contributed by atoms with Crippen LogP contribution in [0.2, 0.25) is 0 Å². The van der Waals surface area contributed by atoms with E-state index in [0.717, 1.165) is 30.7 Å². The van der Waals surface area contributed by atoms with E-state index in [1.54, 1.807) is 4.90 Å². The minimum atomic E-state index is -0.124. The number of carbonyl (C=O) groups excluding carboxylic acids is 1. The first kappa shape index (κ1) is 18.7. The lowest BCUT2D eigenvalue weighted by Gasteiger charge is -2.32. The molecule has 0 aliphatic carbocycles. The number of hydrogen-bond acceptors (Lipinski definition) is 5. The van der Waals surface area contributed by atoms with E-state index in [-0.39, 0.29) is 18.7 Å². The number of thiazole rings is 1. The van der Waals surface area contributed by atoms with Gasteiger partial charge in [0.05, 0.1) is 5.69 Å². The molecule has 2 aromatic rings. The highest BCUT2D eigenvalue weighted by atomic mass is 32.1. The van der Waals surface area contributed by atoms with Crippen molar-refractivity contribution in [3.63, 3.8) is 0 Å². The number of piperidine rings is 1. The summed E-state index contributed by atoms with van der Waals surface area (Å²) in [4.78, 5) is 18.5. The Hall–Kier alpha value is -2.12. The fourth-order valence-electron chi connectivity index (χ4n) is 2.97. The SMILES string of the molecule is CCc1cccc(OC2CCN(C(=O)Nc3nc(CCO)cs3)CC2)c1. The van der Waals surface area contributed by atoms with Gasteiger partial charge in [-0.15, -0.1) is 11.3 Å². The molecular weight excluding hydrogens is 350 g/mol. The molecule has 26 heavy (non-hydrogen) atoms. The molecule has 2 N–H and O–H groups in total. The highest BCUT2D eigenvalue weighted by Gasteiger charge is 2.24. The normalized spacial score (nSPS) is 15.1. The Labute approximate surface area is 157 Å². The van der Waals surface area contributed by atoms with Crippen LogP contribution in [0, 0.1) is 0 Å². The van der Waals surface area contributed by atoms with Crippen LogP contribution < -0.4 is 10.1 Å². The van der Waals surface area contributed by atoms with Gasteiger partial charge in [0.1, 0.15) is 11.9 Å². The number of likely N-dealkylation sites (tertiary alicyclic amines) is 1. The van der Waals surface area contributed by atoms with Gasteiger partial charge in [0.25, 0.3) is 0 Å². The van der Waals surface area contributed by atoms with Crippen molar-refractivity contribution in [3.8, 4) is 5.75 Å². The second kappa shape index (κ2) is 9.00. The zero-order valence-electron chi connectivity index (χ0n) is 15.0. The first-order chi connectivity index (χ1) is 12.7. The number of nitrogens with one attached hydrogen (secondary N) is 1. The minimum Gasteiger partial charge on any atom is -0.490 e. The molecule has 2 amide bonds. The van der Waals surface area contributed by atoms with Gasteiger partial charge < -0.3 is 14.7 Å². The molecule has 1 aromatic carbocycles. The van der Waals surface area contributed by atoms with E-state index >= 15 is 0 Å². The number of carbonyl (C=O) groups is 1. The molecule has 3 rings (SSSR count). The number of nitrogens with zero attached hydrogens (tertiary/aromatic N) is 2. The van der Waals surface area contributed by atoms with Crippen molar-refractivity contribution in [2.24, 2.45) is 0 Å². The number of benzene rings is 1. The Bertz CT molecular complexity index is 726. The molecule has 0 atom stereocenters. The molecule has 1 fully saturated rings. The van der Waals surface area contributed by atoms with Crippen molar-refractivity contribution in [1.29, 1.82) is 0 Å². The molecule has 6 nitrogen and oxygen atoms in total. The van der Waals surface area contributed by atoms with Crippen LogP contribution >= 0.6 is 11.3 Å². The molecule has 0 spiro atoms. The highest BCUT2D eigenvalue weighted by Crippen LogP contribution is 2.22. The van der Waals surface area contributed by atoms with Crippen molar-refractivity contribution in [1.82, 2.24) is 9.88 Å². The summed E-state index contributed by atoms with van der Waals surface area (Å²) >= 11 is 1.38. The van der Waals surface area contributed by atoms with E-state index in [1.165, 1.54) is 16.9 Å². The first-order valence-electron chi connectivity index (χ1n) is 9.04. The second-order valence-corrected chi connectivity index (χ2v) is 7.21. The molecule has 0 radical (unpaired) electrons. The number of aliphatic hydroxyl groups is 1. The fraction of sp³-hybridized carbons (Fsp3) is 0.474. The van der Waals surface area contributed by atoms with Crippen LogP contribution in [0.15, 0.2) is 29.6 Å². The Morgan fingerprint density at radius 3 is 2.96 bits per heavy atom. The number of ether oxygens (including phenoxy) is 1. The van der Waals surface area contributed by atoms with Crippen LogP contribution in [0.5, 0.6) is 5.75 Å². The maximum absolute atomic E-state index is 12.4. The molecule has 0 saturated carbocycles. The lowest BCUT2D eigenvalue weighted by atomic mass is 10.1. The van der Waals surface area contributed by atoms with E-state index in [2.05, 4.69) is 29.4 Å². The number of aromatic nitrogens is 1. The van der Waals surface area contributed by atoms with E-state index in [9.17, 15) is 4.79 Å². The smallest absolute Gasteiger partial charge is 0.323 e. The summed E-state index contributed by atoms with van der Waals surface area (Å²) in [5.41, 5.74) is 2.07. The maximum atomic E-state index is 12.4. The average Bonchev–Trinajstić information content (AvgIpc) is 3.10. The number of hydrogen-bond donors (Lipinski definition) is 2. The van der Waals surface area contributed by atoms with Crippen LogP contribution in [0.3, 0.4) is 0 Å².